The van der Waals surface area contributed by atoms with Crippen LogP contribution in [0.3, 0.4) is 0 Å². The fourth-order valence-corrected chi connectivity index (χ4v) is 3.01. The van der Waals surface area contributed by atoms with E-state index in [0.717, 1.165) is 16.7 Å². The second kappa shape index (κ2) is 11.2. The standard InChI is InChI=1S/C24H29NO5/c1-16(2)30-22(24(27)28)14-19-10-11-21(29-4)20(13-19)15-25-23(26)17(3)12-18-8-6-5-7-9-18/h5-13,16,22H,14-15H2,1-4H3,(H,25,26)(H,27,28). The molecular formula is C24H29NO5. The van der Waals surface area contributed by atoms with Crippen LogP contribution in [0.2, 0.25) is 0 Å². The van der Waals surface area contributed by atoms with E-state index < -0.39 is 12.1 Å². The van der Waals surface area contributed by atoms with E-state index in [1.54, 1.807) is 33.9 Å². The molecule has 2 N–H and O–H groups in total. The SMILES string of the molecule is COc1ccc(CC(OC(C)C)C(=O)O)cc1CNC(=O)C(C)=Cc1ccccc1. The van der Waals surface area contributed by atoms with Crippen LogP contribution >= 0.6 is 0 Å². The lowest BCUT2D eigenvalue weighted by atomic mass is 10.0. The summed E-state index contributed by atoms with van der Waals surface area (Å²) in [6.07, 6.45) is 0.925. The van der Waals surface area contributed by atoms with Crippen LogP contribution < -0.4 is 10.1 Å². The molecule has 6 heteroatoms. The van der Waals surface area contributed by atoms with Crippen LogP contribution in [0.4, 0.5) is 0 Å². The zero-order valence-corrected chi connectivity index (χ0v) is 17.8. The maximum atomic E-state index is 12.5. The van der Waals surface area contributed by atoms with Gasteiger partial charge in [0, 0.05) is 24.1 Å². The Balaban J connectivity index is 2.10. The van der Waals surface area contributed by atoms with Crippen molar-refractivity contribution in [2.75, 3.05) is 7.11 Å². The fraction of sp³-hybridized carbons (Fsp3) is 0.333. The molecule has 0 saturated heterocycles. The van der Waals surface area contributed by atoms with Crippen LogP contribution in [0.15, 0.2) is 54.1 Å². The second-order valence-electron chi connectivity index (χ2n) is 7.28. The molecule has 0 heterocycles. The van der Waals surface area contributed by atoms with Crippen molar-refractivity contribution >= 4 is 18.0 Å². The minimum Gasteiger partial charge on any atom is -0.496 e. The third kappa shape index (κ3) is 7.04. The average molecular weight is 411 g/mol. The molecule has 0 saturated carbocycles. The molecule has 0 spiro atoms. The molecule has 1 unspecified atom stereocenters. The third-order valence-corrected chi connectivity index (χ3v) is 4.46. The molecule has 2 rings (SSSR count). The van der Waals surface area contributed by atoms with E-state index in [0.29, 0.717) is 11.3 Å². The van der Waals surface area contributed by atoms with Crippen LogP contribution in [0.1, 0.15) is 37.5 Å². The number of carboxylic acid groups (broad SMARTS) is 1. The van der Waals surface area contributed by atoms with E-state index in [-0.39, 0.29) is 25.0 Å². The van der Waals surface area contributed by atoms with Gasteiger partial charge >= 0.3 is 5.97 Å². The number of carboxylic acids is 1. The summed E-state index contributed by atoms with van der Waals surface area (Å²) in [6.45, 7) is 5.63. The molecule has 160 valence electrons. The largest absolute Gasteiger partial charge is 0.496 e. The molecule has 0 aliphatic rings. The van der Waals surface area contributed by atoms with Gasteiger partial charge in [-0.3, -0.25) is 4.79 Å². The molecule has 0 fully saturated rings. The number of nitrogens with one attached hydrogen (secondary N) is 1. The zero-order chi connectivity index (χ0) is 22.1. The predicted molar refractivity (Wildman–Crippen MR) is 116 cm³/mol. The Hall–Kier alpha value is -3.12. The number of hydrogen-bond donors (Lipinski definition) is 2. The Morgan fingerprint density at radius 1 is 1.13 bits per heavy atom. The lowest BCUT2D eigenvalue weighted by Gasteiger charge is -2.18. The molecule has 30 heavy (non-hydrogen) atoms. The number of aliphatic carboxylic acids is 1. The number of benzene rings is 2. The van der Waals surface area contributed by atoms with Gasteiger partial charge in [-0.25, -0.2) is 4.79 Å². The van der Waals surface area contributed by atoms with E-state index >= 15 is 0 Å². The minimum absolute atomic E-state index is 0.183. The van der Waals surface area contributed by atoms with Gasteiger partial charge in [0.25, 0.3) is 0 Å². The smallest absolute Gasteiger partial charge is 0.333 e. The Labute approximate surface area is 177 Å². The highest BCUT2D eigenvalue weighted by atomic mass is 16.5. The summed E-state index contributed by atoms with van der Waals surface area (Å²) < 4.78 is 10.9. The molecule has 0 radical (unpaired) electrons. The monoisotopic (exact) mass is 411 g/mol. The summed E-state index contributed by atoms with van der Waals surface area (Å²) in [7, 11) is 1.56. The fourth-order valence-electron chi connectivity index (χ4n) is 3.01. The average Bonchev–Trinajstić information content (AvgIpc) is 2.72. The van der Waals surface area contributed by atoms with Gasteiger partial charge in [0.15, 0.2) is 6.10 Å². The number of rotatable bonds is 10. The normalized spacial score (nSPS) is 12.5. The molecule has 1 atom stereocenters. The van der Waals surface area contributed by atoms with Gasteiger partial charge in [-0.2, -0.15) is 0 Å². The van der Waals surface area contributed by atoms with Crippen LogP contribution in [-0.4, -0.2) is 36.3 Å². The number of amides is 1. The van der Waals surface area contributed by atoms with Crippen molar-refractivity contribution in [2.24, 2.45) is 0 Å². The number of methoxy groups -OCH3 is 1. The summed E-state index contributed by atoms with van der Waals surface area (Å²) in [5.74, 6) is -0.561. The summed E-state index contributed by atoms with van der Waals surface area (Å²) in [5.41, 5.74) is 3.11. The van der Waals surface area contributed by atoms with Crippen molar-refractivity contribution in [3.8, 4) is 5.75 Å². The molecule has 0 aliphatic carbocycles. The first-order chi connectivity index (χ1) is 14.3. The van der Waals surface area contributed by atoms with Crippen molar-refractivity contribution in [3.05, 3.63) is 70.8 Å². The van der Waals surface area contributed by atoms with E-state index in [9.17, 15) is 14.7 Å². The lowest BCUT2D eigenvalue weighted by Crippen LogP contribution is -2.29. The Bertz CT molecular complexity index is 890. The first-order valence-corrected chi connectivity index (χ1v) is 9.85. The highest BCUT2D eigenvalue weighted by Crippen LogP contribution is 2.21. The van der Waals surface area contributed by atoms with E-state index in [1.165, 1.54) is 0 Å². The molecule has 0 aliphatic heterocycles. The van der Waals surface area contributed by atoms with Crippen molar-refractivity contribution in [1.82, 2.24) is 5.32 Å². The molecule has 2 aromatic rings. The first kappa shape index (κ1) is 23.2. The lowest BCUT2D eigenvalue weighted by molar-refractivity contribution is -0.153. The molecular weight excluding hydrogens is 382 g/mol. The number of ether oxygens (including phenoxy) is 2. The highest BCUT2D eigenvalue weighted by Gasteiger charge is 2.21. The van der Waals surface area contributed by atoms with Crippen LogP contribution in [0.25, 0.3) is 6.08 Å². The summed E-state index contributed by atoms with van der Waals surface area (Å²) in [4.78, 5) is 24.0. The van der Waals surface area contributed by atoms with Crippen molar-refractivity contribution in [1.29, 1.82) is 0 Å². The van der Waals surface area contributed by atoms with Crippen LogP contribution in [0.5, 0.6) is 5.75 Å². The number of carbonyl (C=O) groups excluding carboxylic acids is 1. The zero-order valence-electron chi connectivity index (χ0n) is 17.8. The summed E-state index contributed by atoms with van der Waals surface area (Å²) >= 11 is 0. The van der Waals surface area contributed by atoms with Crippen LogP contribution in [0, 0.1) is 0 Å². The number of carbonyl (C=O) groups is 2. The van der Waals surface area contributed by atoms with E-state index in [2.05, 4.69) is 5.32 Å². The van der Waals surface area contributed by atoms with E-state index in [4.69, 9.17) is 9.47 Å². The third-order valence-electron chi connectivity index (χ3n) is 4.46. The van der Waals surface area contributed by atoms with Gasteiger partial charge < -0.3 is 19.9 Å². The van der Waals surface area contributed by atoms with Crippen molar-refractivity contribution < 1.29 is 24.2 Å². The molecule has 0 aromatic heterocycles. The first-order valence-electron chi connectivity index (χ1n) is 9.85. The summed E-state index contributed by atoms with van der Waals surface area (Å²) in [5, 5.41) is 12.3. The summed E-state index contributed by atoms with van der Waals surface area (Å²) in [6, 6.07) is 15.1. The second-order valence-corrected chi connectivity index (χ2v) is 7.28. The van der Waals surface area contributed by atoms with Crippen LogP contribution in [-0.2, 0) is 27.3 Å². The highest BCUT2D eigenvalue weighted by molar-refractivity contribution is 5.97. The van der Waals surface area contributed by atoms with Gasteiger partial charge in [-0.15, -0.1) is 0 Å². The van der Waals surface area contributed by atoms with Gasteiger partial charge in [0.05, 0.1) is 13.2 Å². The van der Waals surface area contributed by atoms with Crippen molar-refractivity contribution in [3.63, 3.8) is 0 Å². The Morgan fingerprint density at radius 2 is 1.83 bits per heavy atom. The quantitative estimate of drug-likeness (QED) is 0.581. The molecule has 6 nitrogen and oxygen atoms in total. The van der Waals surface area contributed by atoms with Crippen molar-refractivity contribution in [2.45, 2.75) is 45.9 Å². The maximum Gasteiger partial charge on any atom is 0.333 e. The Morgan fingerprint density at radius 3 is 2.43 bits per heavy atom. The predicted octanol–water partition coefficient (Wildman–Crippen LogP) is 3.84. The number of hydrogen-bond acceptors (Lipinski definition) is 4. The molecule has 1 amide bonds. The Kier molecular flexibility index (Phi) is 8.62. The van der Waals surface area contributed by atoms with Gasteiger partial charge in [-0.1, -0.05) is 42.5 Å². The van der Waals surface area contributed by atoms with Gasteiger partial charge in [-0.05, 0) is 44.0 Å². The maximum absolute atomic E-state index is 12.5. The van der Waals surface area contributed by atoms with Gasteiger partial charge in [0.1, 0.15) is 5.75 Å². The topological polar surface area (TPSA) is 84.9 Å². The van der Waals surface area contributed by atoms with E-state index in [1.807, 2.05) is 48.5 Å². The van der Waals surface area contributed by atoms with Gasteiger partial charge in [0.2, 0.25) is 5.91 Å². The molecule has 0 bridgehead atoms. The minimum atomic E-state index is -1.00. The molecule has 2 aromatic carbocycles.